The zero-order chi connectivity index (χ0) is 16.1. The van der Waals surface area contributed by atoms with Gasteiger partial charge in [-0.2, -0.15) is 0 Å². The van der Waals surface area contributed by atoms with Crippen LogP contribution in [0.1, 0.15) is 22.8 Å². The van der Waals surface area contributed by atoms with Gasteiger partial charge in [0.15, 0.2) is 11.5 Å². The maximum absolute atomic E-state index is 13.6. The van der Waals surface area contributed by atoms with E-state index >= 15 is 0 Å². The topological polar surface area (TPSA) is 58.6 Å². The fourth-order valence-corrected chi connectivity index (χ4v) is 2.12. The number of halogens is 2. The molecule has 2 rings (SSSR count). The summed E-state index contributed by atoms with van der Waals surface area (Å²) in [6.07, 6.45) is 0. The highest BCUT2D eigenvalue weighted by Crippen LogP contribution is 2.37. The van der Waals surface area contributed by atoms with Crippen molar-refractivity contribution in [3.05, 3.63) is 58.4 Å². The van der Waals surface area contributed by atoms with E-state index in [4.69, 9.17) is 21.1 Å². The van der Waals surface area contributed by atoms with Crippen LogP contribution in [0, 0.1) is 5.82 Å². The van der Waals surface area contributed by atoms with E-state index in [0.717, 1.165) is 0 Å². The molecule has 2 aromatic rings. The Bertz CT molecular complexity index is 688. The summed E-state index contributed by atoms with van der Waals surface area (Å²) in [6, 6.07) is 8.64. The second kappa shape index (κ2) is 7.13. The van der Waals surface area contributed by atoms with Crippen LogP contribution < -0.4 is 14.6 Å². The number of carboxylic acids is 1. The molecule has 0 unspecified atom stereocenters. The average molecular weight is 324 g/mol. The first-order valence-corrected chi connectivity index (χ1v) is 6.94. The largest absolute Gasteiger partial charge is 0.545 e. The molecule has 0 N–H and O–H groups in total. The van der Waals surface area contributed by atoms with Gasteiger partial charge in [0, 0.05) is 11.1 Å². The SMILES string of the molecule is CCOc1cc(C(=O)[O-])cc(Cl)c1OCc1ccccc1F. The van der Waals surface area contributed by atoms with Crippen molar-refractivity contribution in [2.45, 2.75) is 13.5 Å². The standard InChI is InChI=1S/C16H14ClFO4/c1-2-21-14-8-11(16(19)20)7-12(17)15(14)22-9-10-5-3-4-6-13(10)18/h3-8H,2,9H2,1H3,(H,19,20)/p-1. The minimum atomic E-state index is -1.37. The number of hydrogen-bond donors (Lipinski definition) is 0. The van der Waals surface area contributed by atoms with Gasteiger partial charge >= 0.3 is 0 Å². The molecule has 0 heterocycles. The van der Waals surface area contributed by atoms with E-state index in [0.29, 0.717) is 12.2 Å². The van der Waals surface area contributed by atoms with Crippen LogP contribution in [-0.2, 0) is 6.61 Å². The first kappa shape index (κ1) is 16.1. The van der Waals surface area contributed by atoms with Crippen LogP contribution in [0.3, 0.4) is 0 Å². The maximum Gasteiger partial charge on any atom is 0.180 e. The molecule has 116 valence electrons. The van der Waals surface area contributed by atoms with E-state index in [-0.39, 0.29) is 28.7 Å². The van der Waals surface area contributed by atoms with E-state index in [1.165, 1.54) is 18.2 Å². The summed E-state index contributed by atoms with van der Waals surface area (Å²) in [5.74, 6) is -1.44. The molecule has 0 aliphatic carbocycles. The number of rotatable bonds is 6. The monoisotopic (exact) mass is 323 g/mol. The number of benzene rings is 2. The third-order valence-corrected chi connectivity index (χ3v) is 3.16. The van der Waals surface area contributed by atoms with Crippen LogP contribution in [0.2, 0.25) is 5.02 Å². The first-order valence-electron chi connectivity index (χ1n) is 6.56. The Morgan fingerprint density at radius 1 is 1.27 bits per heavy atom. The molecule has 0 radical (unpaired) electrons. The number of carbonyl (C=O) groups excluding carboxylic acids is 1. The van der Waals surface area contributed by atoms with Gasteiger partial charge in [-0.15, -0.1) is 0 Å². The minimum absolute atomic E-state index is 0.0569. The quantitative estimate of drug-likeness (QED) is 0.820. The second-order valence-electron chi connectivity index (χ2n) is 4.39. The Labute approximate surface area is 132 Å². The Hall–Kier alpha value is -2.27. The zero-order valence-electron chi connectivity index (χ0n) is 11.8. The number of hydrogen-bond acceptors (Lipinski definition) is 4. The number of aromatic carboxylic acids is 1. The lowest BCUT2D eigenvalue weighted by Gasteiger charge is -2.16. The van der Waals surface area contributed by atoms with Crippen LogP contribution in [0.15, 0.2) is 36.4 Å². The van der Waals surface area contributed by atoms with Crippen LogP contribution >= 0.6 is 11.6 Å². The highest BCUT2D eigenvalue weighted by molar-refractivity contribution is 6.32. The van der Waals surface area contributed by atoms with E-state index in [2.05, 4.69) is 0 Å². The van der Waals surface area contributed by atoms with Crippen molar-refractivity contribution in [1.29, 1.82) is 0 Å². The fourth-order valence-electron chi connectivity index (χ4n) is 1.85. The van der Waals surface area contributed by atoms with Crippen molar-refractivity contribution in [2.24, 2.45) is 0 Å². The van der Waals surface area contributed by atoms with Crippen molar-refractivity contribution < 1.29 is 23.8 Å². The Morgan fingerprint density at radius 3 is 2.64 bits per heavy atom. The molecule has 0 amide bonds. The molecule has 0 aliphatic rings. The van der Waals surface area contributed by atoms with E-state index in [9.17, 15) is 14.3 Å². The molecule has 0 fully saturated rings. The lowest BCUT2D eigenvalue weighted by atomic mass is 10.2. The number of ether oxygens (including phenoxy) is 2. The highest BCUT2D eigenvalue weighted by Gasteiger charge is 2.14. The van der Waals surface area contributed by atoms with Gasteiger partial charge in [-0.05, 0) is 25.1 Å². The first-order chi connectivity index (χ1) is 10.5. The molecular formula is C16H13ClFO4-. The van der Waals surface area contributed by atoms with Gasteiger partial charge in [0.25, 0.3) is 0 Å². The van der Waals surface area contributed by atoms with Gasteiger partial charge in [0.05, 0.1) is 17.6 Å². The third-order valence-electron chi connectivity index (χ3n) is 2.87. The zero-order valence-corrected chi connectivity index (χ0v) is 12.5. The Kier molecular flexibility index (Phi) is 5.22. The molecule has 0 atom stereocenters. The summed E-state index contributed by atoms with van der Waals surface area (Å²) in [5, 5.41) is 11.0. The van der Waals surface area contributed by atoms with Gasteiger partial charge in [-0.1, -0.05) is 29.8 Å². The summed E-state index contributed by atoms with van der Waals surface area (Å²) in [6.45, 7) is 1.97. The molecule has 22 heavy (non-hydrogen) atoms. The van der Waals surface area contributed by atoms with Crippen molar-refractivity contribution in [3.63, 3.8) is 0 Å². The normalized spacial score (nSPS) is 10.3. The summed E-state index contributed by atoms with van der Waals surface area (Å²) in [4.78, 5) is 10.9. The van der Waals surface area contributed by atoms with E-state index in [1.807, 2.05) is 0 Å². The van der Waals surface area contributed by atoms with Gasteiger partial charge < -0.3 is 19.4 Å². The summed E-state index contributed by atoms with van der Waals surface area (Å²) in [7, 11) is 0. The Balaban J connectivity index is 2.29. The second-order valence-corrected chi connectivity index (χ2v) is 4.79. The molecule has 6 heteroatoms. The summed E-state index contributed by atoms with van der Waals surface area (Å²) >= 11 is 6.03. The molecule has 0 aliphatic heterocycles. The average Bonchev–Trinajstić information content (AvgIpc) is 2.48. The van der Waals surface area contributed by atoms with Gasteiger partial charge in [0.2, 0.25) is 0 Å². The lowest BCUT2D eigenvalue weighted by Crippen LogP contribution is -2.22. The molecule has 4 nitrogen and oxygen atoms in total. The maximum atomic E-state index is 13.6. The van der Waals surface area contributed by atoms with Crippen LogP contribution in [0.25, 0.3) is 0 Å². The van der Waals surface area contributed by atoms with Crippen LogP contribution in [-0.4, -0.2) is 12.6 Å². The van der Waals surface area contributed by atoms with Crippen molar-refractivity contribution in [3.8, 4) is 11.5 Å². The molecule has 2 aromatic carbocycles. The van der Waals surface area contributed by atoms with Gasteiger partial charge in [0.1, 0.15) is 12.4 Å². The molecule has 0 aromatic heterocycles. The molecule has 0 saturated heterocycles. The number of carbonyl (C=O) groups is 1. The molecule has 0 spiro atoms. The summed E-state index contributed by atoms with van der Waals surface area (Å²) < 4.78 is 24.4. The fraction of sp³-hybridized carbons (Fsp3) is 0.188. The van der Waals surface area contributed by atoms with Crippen LogP contribution in [0.4, 0.5) is 4.39 Å². The third kappa shape index (κ3) is 3.68. The van der Waals surface area contributed by atoms with Crippen molar-refractivity contribution in [2.75, 3.05) is 6.61 Å². The van der Waals surface area contributed by atoms with Gasteiger partial charge in [-0.3, -0.25) is 0 Å². The highest BCUT2D eigenvalue weighted by atomic mass is 35.5. The van der Waals surface area contributed by atoms with E-state index < -0.39 is 11.8 Å². The Morgan fingerprint density at radius 2 is 2.00 bits per heavy atom. The number of carboxylic acid groups (broad SMARTS) is 1. The smallest absolute Gasteiger partial charge is 0.180 e. The van der Waals surface area contributed by atoms with Crippen molar-refractivity contribution in [1.82, 2.24) is 0 Å². The van der Waals surface area contributed by atoms with Crippen LogP contribution in [0.5, 0.6) is 11.5 Å². The van der Waals surface area contributed by atoms with Crippen molar-refractivity contribution >= 4 is 17.6 Å². The summed E-state index contributed by atoms with van der Waals surface area (Å²) in [5.41, 5.74) is 0.233. The molecule has 0 bridgehead atoms. The predicted octanol–water partition coefficient (Wildman–Crippen LogP) is 2.82. The molecular weight excluding hydrogens is 311 g/mol. The lowest BCUT2D eigenvalue weighted by molar-refractivity contribution is -0.255. The predicted molar refractivity (Wildman–Crippen MR) is 77.7 cm³/mol. The molecule has 0 saturated carbocycles. The minimum Gasteiger partial charge on any atom is -0.545 e. The van der Waals surface area contributed by atoms with E-state index in [1.54, 1.807) is 25.1 Å². The van der Waals surface area contributed by atoms with Gasteiger partial charge in [-0.25, -0.2) is 4.39 Å².